The average Bonchev–Trinajstić information content (AvgIpc) is 2.70. The molecule has 0 saturated carbocycles. The number of benzene rings is 1. The minimum absolute atomic E-state index is 0.0374. The minimum atomic E-state index is -2.36. The lowest BCUT2D eigenvalue weighted by atomic mass is 9.74. The van der Waals surface area contributed by atoms with E-state index in [1.54, 1.807) is 13.8 Å². The van der Waals surface area contributed by atoms with Gasteiger partial charge < -0.3 is 14.8 Å². The van der Waals surface area contributed by atoms with E-state index in [1.807, 2.05) is 0 Å². The van der Waals surface area contributed by atoms with Crippen LogP contribution in [0.25, 0.3) is 0 Å². The van der Waals surface area contributed by atoms with Crippen LogP contribution < -0.4 is 5.32 Å². The summed E-state index contributed by atoms with van der Waals surface area (Å²) in [5.74, 6) is -3.18. The SMILES string of the molecule is CCOC(=O)C(C(=O)OCC)(C(=O)c1cccnc1)c1ccc(NC(C)=O)cc1. The van der Waals surface area contributed by atoms with Crippen molar-refractivity contribution in [2.45, 2.75) is 26.2 Å². The monoisotopic (exact) mass is 398 g/mol. The summed E-state index contributed by atoms with van der Waals surface area (Å²) in [5.41, 5.74) is -1.79. The molecular weight excluding hydrogens is 376 g/mol. The van der Waals surface area contributed by atoms with Crippen LogP contribution in [0.2, 0.25) is 0 Å². The summed E-state index contributed by atoms with van der Waals surface area (Å²) in [5, 5.41) is 2.59. The first-order valence-electron chi connectivity index (χ1n) is 9.05. The summed E-state index contributed by atoms with van der Waals surface area (Å²) >= 11 is 0. The fourth-order valence-electron chi connectivity index (χ4n) is 2.83. The predicted octanol–water partition coefficient (Wildman–Crippen LogP) is 2.29. The summed E-state index contributed by atoms with van der Waals surface area (Å²) in [6.45, 7) is 4.42. The number of ether oxygens (including phenoxy) is 2. The quantitative estimate of drug-likeness (QED) is 0.412. The molecule has 0 aliphatic heterocycles. The highest BCUT2D eigenvalue weighted by atomic mass is 16.6. The van der Waals surface area contributed by atoms with Gasteiger partial charge in [0.25, 0.3) is 5.41 Å². The standard InChI is InChI=1S/C21H22N2O6/c1-4-28-19(26)21(20(27)29-5-2,18(25)15-7-6-12-22-13-15)16-8-10-17(11-9-16)23-14(3)24/h6-13H,4-5H2,1-3H3,(H,23,24). The molecule has 8 heteroatoms. The van der Waals surface area contributed by atoms with Crippen LogP contribution in [-0.2, 0) is 29.3 Å². The molecule has 0 atom stereocenters. The number of pyridine rings is 1. The summed E-state index contributed by atoms with van der Waals surface area (Å²) in [7, 11) is 0. The van der Waals surface area contributed by atoms with E-state index in [0.29, 0.717) is 5.69 Å². The molecule has 0 unspecified atom stereocenters. The van der Waals surface area contributed by atoms with Crippen LogP contribution in [-0.4, -0.2) is 41.8 Å². The number of ketones is 1. The minimum Gasteiger partial charge on any atom is -0.465 e. The molecule has 0 saturated heterocycles. The molecule has 8 nitrogen and oxygen atoms in total. The van der Waals surface area contributed by atoms with Gasteiger partial charge in [0.1, 0.15) is 0 Å². The van der Waals surface area contributed by atoms with Crippen LogP contribution in [0.5, 0.6) is 0 Å². The molecule has 1 heterocycles. The highest BCUT2D eigenvalue weighted by molar-refractivity contribution is 6.30. The zero-order valence-corrected chi connectivity index (χ0v) is 16.4. The van der Waals surface area contributed by atoms with Crippen LogP contribution in [0.15, 0.2) is 48.8 Å². The van der Waals surface area contributed by atoms with Gasteiger partial charge in [-0.3, -0.25) is 14.6 Å². The Bertz CT molecular complexity index is 875. The fraction of sp³-hybridized carbons (Fsp3) is 0.286. The van der Waals surface area contributed by atoms with E-state index < -0.39 is 23.1 Å². The molecule has 152 valence electrons. The number of Topliss-reactive ketones (excluding diaryl/α,β-unsaturated/α-hetero) is 1. The topological polar surface area (TPSA) is 112 Å². The molecule has 2 rings (SSSR count). The van der Waals surface area contributed by atoms with Gasteiger partial charge >= 0.3 is 11.9 Å². The number of hydrogen-bond acceptors (Lipinski definition) is 7. The maximum atomic E-state index is 13.5. The highest BCUT2D eigenvalue weighted by Crippen LogP contribution is 2.33. The van der Waals surface area contributed by atoms with Crippen molar-refractivity contribution in [1.82, 2.24) is 4.98 Å². The van der Waals surface area contributed by atoms with Crippen LogP contribution in [0, 0.1) is 0 Å². The van der Waals surface area contributed by atoms with Gasteiger partial charge in [-0.05, 0) is 43.7 Å². The Hall–Kier alpha value is -3.55. The molecular formula is C21H22N2O6. The first-order chi connectivity index (χ1) is 13.9. The smallest absolute Gasteiger partial charge is 0.336 e. The van der Waals surface area contributed by atoms with E-state index in [-0.39, 0.29) is 30.2 Å². The van der Waals surface area contributed by atoms with Crippen molar-refractivity contribution in [3.63, 3.8) is 0 Å². The molecule has 2 aromatic rings. The van der Waals surface area contributed by atoms with Crippen molar-refractivity contribution in [3.05, 3.63) is 59.9 Å². The van der Waals surface area contributed by atoms with E-state index >= 15 is 0 Å². The van der Waals surface area contributed by atoms with Gasteiger partial charge in [0.2, 0.25) is 5.91 Å². The normalized spacial score (nSPS) is 10.7. The molecule has 0 bridgehead atoms. The number of anilines is 1. The number of carbonyl (C=O) groups is 4. The molecule has 0 aliphatic carbocycles. The van der Waals surface area contributed by atoms with Crippen molar-refractivity contribution >= 4 is 29.3 Å². The lowest BCUT2D eigenvalue weighted by Crippen LogP contribution is -2.52. The fourth-order valence-corrected chi connectivity index (χ4v) is 2.83. The highest BCUT2D eigenvalue weighted by Gasteiger charge is 2.57. The Labute approximate surface area is 168 Å². The van der Waals surface area contributed by atoms with Crippen molar-refractivity contribution < 1.29 is 28.7 Å². The second kappa shape index (κ2) is 9.59. The van der Waals surface area contributed by atoms with Gasteiger partial charge in [0.15, 0.2) is 5.78 Å². The molecule has 0 fully saturated rings. The molecule has 0 aliphatic rings. The molecule has 0 radical (unpaired) electrons. The van der Waals surface area contributed by atoms with Crippen molar-refractivity contribution in [3.8, 4) is 0 Å². The lowest BCUT2D eigenvalue weighted by molar-refractivity contribution is -0.161. The predicted molar refractivity (Wildman–Crippen MR) is 104 cm³/mol. The number of rotatable bonds is 8. The third-order valence-corrected chi connectivity index (χ3v) is 4.07. The van der Waals surface area contributed by atoms with Crippen molar-refractivity contribution in [1.29, 1.82) is 0 Å². The zero-order chi connectivity index (χ0) is 21.4. The summed E-state index contributed by atoms with van der Waals surface area (Å²) in [6.07, 6.45) is 2.73. The number of amides is 1. The van der Waals surface area contributed by atoms with Gasteiger partial charge in [-0.25, -0.2) is 9.59 Å². The van der Waals surface area contributed by atoms with Crippen LogP contribution in [0.1, 0.15) is 36.7 Å². The molecule has 1 amide bonds. The van der Waals surface area contributed by atoms with Gasteiger partial charge in [-0.15, -0.1) is 0 Å². The largest absolute Gasteiger partial charge is 0.465 e. The molecule has 1 aromatic heterocycles. The summed E-state index contributed by atoms with van der Waals surface area (Å²) in [4.78, 5) is 54.7. The molecule has 1 N–H and O–H groups in total. The number of aromatic nitrogens is 1. The van der Waals surface area contributed by atoms with Crippen LogP contribution >= 0.6 is 0 Å². The number of nitrogens with zero attached hydrogens (tertiary/aromatic N) is 1. The first-order valence-corrected chi connectivity index (χ1v) is 9.05. The number of esters is 2. The van der Waals surface area contributed by atoms with Gasteiger partial charge in [0.05, 0.1) is 13.2 Å². The Morgan fingerprint density at radius 3 is 2.00 bits per heavy atom. The zero-order valence-electron chi connectivity index (χ0n) is 16.4. The molecule has 29 heavy (non-hydrogen) atoms. The Morgan fingerprint density at radius 2 is 1.55 bits per heavy atom. The Morgan fingerprint density at radius 1 is 0.966 bits per heavy atom. The van der Waals surface area contributed by atoms with Crippen molar-refractivity contribution in [2.24, 2.45) is 0 Å². The maximum Gasteiger partial charge on any atom is 0.336 e. The van der Waals surface area contributed by atoms with Crippen LogP contribution in [0.3, 0.4) is 0 Å². The van der Waals surface area contributed by atoms with E-state index in [1.165, 1.54) is 55.7 Å². The third kappa shape index (κ3) is 4.48. The third-order valence-electron chi connectivity index (χ3n) is 4.07. The molecule has 1 aromatic carbocycles. The maximum absolute atomic E-state index is 13.5. The van der Waals surface area contributed by atoms with E-state index in [9.17, 15) is 19.2 Å². The van der Waals surface area contributed by atoms with Gasteiger partial charge in [0, 0.05) is 30.6 Å². The van der Waals surface area contributed by atoms with Crippen LogP contribution in [0.4, 0.5) is 5.69 Å². The van der Waals surface area contributed by atoms with Crippen molar-refractivity contribution in [2.75, 3.05) is 18.5 Å². The Balaban J connectivity index is 2.70. The molecule has 0 spiro atoms. The number of carbonyl (C=O) groups excluding carboxylic acids is 4. The van der Waals surface area contributed by atoms with Gasteiger partial charge in [-0.1, -0.05) is 12.1 Å². The van der Waals surface area contributed by atoms with E-state index in [2.05, 4.69) is 10.3 Å². The average molecular weight is 398 g/mol. The summed E-state index contributed by atoms with van der Waals surface area (Å²) < 4.78 is 10.2. The van der Waals surface area contributed by atoms with E-state index in [0.717, 1.165) is 0 Å². The summed E-state index contributed by atoms with van der Waals surface area (Å²) in [6, 6.07) is 8.77. The Kier molecular flexibility index (Phi) is 7.19. The van der Waals surface area contributed by atoms with Gasteiger partial charge in [-0.2, -0.15) is 0 Å². The number of nitrogens with one attached hydrogen (secondary N) is 1. The number of hydrogen-bond donors (Lipinski definition) is 1. The second-order valence-electron chi connectivity index (χ2n) is 6.02. The first kappa shape index (κ1) is 21.7. The second-order valence-corrected chi connectivity index (χ2v) is 6.02. The lowest BCUT2D eigenvalue weighted by Gasteiger charge is -2.28. The van der Waals surface area contributed by atoms with E-state index in [4.69, 9.17) is 9.47 Å².